The Balaban J connectivity index is 1.17. The van der Waals surface area contributed by atoms with E-state index in [1.807, 2.05) is 26.1 Å². The Hall–Kier alpha value is -1.90. The summed E-state index contributed by atoms with van der Waals surface area (Å²) < 4.78 is 0.829. The Morgan fingerprint density at radius 3 is 2.72 bits per heavy atom. The van der Waals surface area contributed by atoms with Crippen LogP contribution in [-0.2, 0) is 4.79 Å². The van der Waals surface area contributed by atoms with E-state index in [9.17, 15) is 9.90 Å². The van der Waals surface area contributed by atoms with Crippen LogP contribution in [0.25, 0.3) is 0 Å². The van der Waals surface area contributed by atoms with Gasteiger partial charge in [0.25, 0.3) is 0 Å². The summed E-state index contributed by atoms with van der Waals surface area (Å²) in [7, 11) is 0. The topological polar surface area (TPSA) is 81.6 Å². The predicted octanol–water partition coefficient (Wildman–Crippen LogP) is 5.78. The molecular weight excluding hydrogens is 542 g/mol. The molecule has 2 N–H and O–H groups in total. The van der Waals surface area contributed by atoms with Gasteiger partial charge >= 0.3 is 5.97 Å². The zero-order valence-corrected chi connectivity index (χ0v) is 23.5. The van der Waals surface area contributed by atoms with E-state index in [1.165, 1.54) is 12.8 Å². The van der Waals surface area contributed by atoms with Crippen LogP contribution >= 0.6 is 27.5 Å². The standard InChI is InChI=1S/C27H35BrClN5O2/c1-16-6-7-21(23(29)9-16)17(2)31-24-22(28)12-30-26(32-24)34-14-19(15-34)18-5-4-8-33(13-18)20-10-27(3,11-20)25(35)36/h6-7,9,12,17-20H,4-5,8,10-11,13-15H2,1-3H3,(H,35,36)(H,30,31,32)/t17-,18+,20?,27?/m1/s1. The second-order valence-electron chi connectivity index (χ2n) is 11.2. The first-order valence-corrected chi connectivity index (χ1v) is 14.1. The van der Waals surface area contributed by atoms with Crippen LogP contribution in [0, 0.1) is 24.2 Å². The van der Waals surface area contributed by atoms with Crippen molar-refractivity contribution in [2.24, 2.45) is 17.3 Å². The van der Waals surface area contributed by atoms with Gasteiger partial charge in [0, 0.05) is 36.9 Å². The minimum Gasteiger partial charge on any atom is -0.481 e. The Kier molecular flexibility index (Phi) is 7.22. The van der Waals surface area contributed by atoms with Crippen LogP contribution in [0.15, 0.2) is 28.9 Å². The Morgan fingerprint density at radius 1 is 1.28 bits per heavy atom. The molecule has 9 heteroatoms. The van der Waals surface area contributed by atoms with Crippen molar-refractivity contribution in [3.63, 3.8) is 0 Å². The van der Waals surface area contributed by atoms with Crippen molar-refractivity contribution >= 4 is 45.3 Å². The maximum atomic E-state index is 11.5. The SMILES string of the molecule is Cc1ccc([C@@H](C)Nc2nc(N3CC([C@H]4CCCN(C5CC(C)(C(=O)O)C5)C4)C3)ncc2Br)c(Cl)c1. The fourth-order valence-electron chi connectivity index (χ4n) is 6.02. The van der Waals surface area contributed by atoms with Gasteiger partial charge < -0.3 is 20.2 Å². The smallest absolute Gasteiger partial charge is 0.309 e. The lowest BCUT2D eigenvalue weighted by Crippen LogP contribution is -2.58. The van der Waals surface area contributed by atoms with E-state index >= 15 is 0 Å². The first kappa shape index (κ1) is 25.7. The third-order valence-corrected chi connectivity index (χ3v) is 9.37. The summed E-state index contributed by atoms with van der Waals surface area (Å²) in [5.41, 5.74) is 1.65. The minimum absolute atomic E-state index is 0.00370. The summed E-state index contributed by atoms with van der Waals surface area (Å²) in [5.74, 6) is 2.16. The van der Waals surface area contributed by atoms with E-state index in [1.54, 1.807) is 0 Å². The fourth-order valence-corrected chi connectivity index (χ4v) is 6.73. The van der Waals surface area contributed by atoms with Crippen LogP contribution in [0.4, 0.5) is 11.8 Å². The number of carbonyl (C=O) groups is 1. The van der Waals surface area contributed by atoms with Crippen molar-refractivity contribution < 1.29 is 9.90 Å². The van der Waals surface area contributed by atoms with E-state index in [0.29, 0.717) is 17.9 Å². The molecule has 0 radical (unpaired) electrons. The zero-order chi connectivity index (χ0) is 25.6. The molecule has 1 aliphatic carbocycles. The number of nitrogens with zero attached hydrogens (tertiary/aromatic N) is 4. The molecule has 0 bridgehead atoms. The summed E-state index contributed by atoms with van der Waals surface area (Å²) in [6.07, 6.45) is 5.82. The normalized spacial score (nSPS) is 27.8. The average molecular weight is 577 g/mol. The van der Waals surface area contributed by atoms with E-state index in [-0.39, 0.29) is 6.04 Å². The number of aryl methyl sites for hydroxylation is 1. The Bertz CT molecular complexity index is 1140. The Morgan fingerprint density at radius 2 is 2.03 bits per heavy atom. The molecule has 0 spiro atoms. The van der Waals surface area contributed by atoms with Crippen molar-refractivity contribution in [1.82, 2.24) is 14.9 Å². The van der Waals surface area contributed by atoms with E-state index in [4.69, 9.17) is 16.6 Å². The van der Waals surface area contributed by atoms with Crippen LogP contribution in [0.1, 0.15) is 56.7 Å². The molecule has 36 heavy (non-hydrogen) atoms. The van der Waals surface area contributed by atoms with Gasteiger partial charge in [-0.25, -0.2) is 4.98 Å². The summed E-state index contributed by atoms with van der Waals surface area (Å²) >= 11 is 10.1. The molecule has 3 heterocycles. The van der Waals surface area contributed by atoms with Gasteiger partial charge in [0.05, 0.1) is 15.9 Å². The van der Waals surface area contributed by atoms with Crippen molar-refractivity contribution in [2.75, 3.05) is 36.4 Å². The van der Waals surface area contributed by atoms with Crippen molar-refractivity contribution in [3.8, 4) is 0 Å². The average Bonchev–Trinajstić information content (AvgIpc) is 2.78. The zero-order valence-electron chi connectivity index (χ0n) is 21.2. The largest absolute Gasteiger partial charge is 0.481 e. The van der Waals surface area contributed by atoms with Gasteiger partial charge in [-0.05, 0) is 98.0 Å². The summed E-state index contributed by atoms with van der Waals surface area (Å²) in [6.45, 7) is 10.1. The number of benzene rings is 1. The molecule has 5 rings (SSSR count). The number of aliphatic carboxylic acids is 1. The van der Waals surface area contributed by atoms with Gasteiger partial charge in [0.2, 0.25) is 5.95 Å². The van der Waals surface area contributed by atoms with Crippen LogP contribution in [0.5, 0.6) is 0 Å². The number of likely N-dealkylation sites (tertiary alicyclic amines) is 1. The quantitative estimate of drug-likeness (QED) is 0.433. The predicted molar refractivity (Wildman–Crippen MR) is 147 cm³/mol. The number of carboxylic acids is 1. The molecule has 2 aliphatic heterocycles. The third-order valence-electron chi connectivity index (χ3n) is 8.46. The van der Waals surface area contributed by atoms with E-state index in [0.717, 1.165) is 71.4 Å². The lowest BCUT2D eigenvalue weighted by atomic mass is 9.65. The lowest BCUT2D eigenvalue weighted by Gasteiger charge is -2.52. The molecule has 3 aliphatic rings. The number of carboxylic acid groups (broad SMARTS) is 1. The summed E-state index contributed by atoms with van der Waals surface area (Å²) in [6, 6.07) is 6.55. The number of halogens is 2. The maximum Gasteiger partial charge on any atom is 0.309 e. The number of hydrogen-bond acceptors (Lipinski definition) is 6. The van der Waals surface area contributed by atoms with Gasteiger partial charge in [-0.3, -0.25) is 4.79 Å². The minimum atomic E-state index is -0.651. The van der Waals surface area contributed by atoms with Gasteiger partial charge in [0.15, 0.2) is 0 Å². The molecular formula is C27H35BrClN5O2. The van der Waals surface area contributed by atoms with Gasteiger partial charge in [0.1, 0.15) is 5.82 Å². The molecule has 1 saturated carbocycles. The van der Waals surface area contributed by atoms with E-state index in [2.05, 4.69) is 55.1 Å². The molecule has 194 valence electrons. The van der Waals surface area contributed by atoms with Gasteiger partial charge in [-0.2, -0.15) is 4.98 Å². The highest BCUT2D eigenvalue weighted by molar-refractivity contribution is 9.10. The van der Waals surface area contributed by atoms with Crippen LogP contribution in [0.2, 0.25) is 5.02 Å². The highest BCUT2D eigenvalue weighted by Crippen LogP contribution is 2.45. The maximum absolute atomic E-state index is 11.5. The van der Waals surface area contributed by atoms with Crippen molar-refractivity contribution in [3.05, 3.63) is 45.0 Å². The Labute approximate surface area is 226 Å². The van der Waals surface area contributed by atoms with Crippen LogP contribution in [-0.4, -0.2) is 58.2 Å². The molecule has 2 aromatic rings. The summed E-state index contributed by atoms with van der Waals surface area (Å²) in [5, 5.41) is 13.7. The highest BCUT2D eigenvalue weighted by atomic mass is 79.9. The molecule has 1 aromatic carbocycles. The van der Waals surface area contributed by atoms with Crippen molar-refractivity contribution in [1.29, 1.82) is 0 Å². The number of nitrogens with one attached hydrogen (secondary N) is 1. The van der Waals surface area contributed by atoms with Gasteiger partial charge in [-0.15, -0.1) is 0 Å². The molecule has 0 unspecified atom stereocenters. The van der Waals surface area contributed by atoms with Gasteiger partial charge in [-0.1, -0.05) is 23.7 Å². The third kappa shape index (κ3) is 5.09. The number of rotatable bonds is 7. The second-order valence-corrected chi connectivity index (χ2v) is 12.5. The molecule has 0 amide bonds. The van der Waals surface area contributed by atoms with E-state index < -0.39 is 11.4 Å². The molecule has 7 nitrogen and oxygen atoms in total. The molecule has 2 atom stereocenters. The van der Waals surface area contributed by atoms with Crippen LogP contribution in [0.3, 0.4) is 0 Å². The second kappa shape index (κ2) is 10.1. The molecule has 3 fully saturated rings. The number of piperidine rings is 1. The van der Waals surface area contributed by atoms with Crippen molar-refractivity contribution in [2.45, 2.75) is 58.5 Å². The first-order valence-electron chi connectivity index (χ1n) is 12.9. The molecule has 1 aromatic heterocycles. The monoisotopic (exact) mass is 575 g/mol. The summed E-state index contributed by atoms with van der Waals surface area (Å²) in [4.78, 5) is 25.7. The number of hydrogen-bond donors (Lipinski definition) is 2. The molecule has 2 saturated heterocycles. The first-order chi connectivity index (χ1) is 17.1. The highest BCUT2D eigenvalue weighted by Gasteiger charge is 2.49. The number of aromatic nitrogens is 2. The van der Waals surface area contributed by atoms with Crippen LogP contribution < -0.4 is 10.2 Å². The fraction of sp³-hybridized carbons (Fsp3) is 0.593. The lowest BCUT2D eigenvalue weighted by molar-refractivity contribution is -0.158. The number of anilines is 2.